The second kappa shape index (κ2) is 22.0. The van der Waals surface area contributed by atoms with Crippen LogP contribution in [0.3, 0.4) is 0 Å². The first-order valence-corrected chi connectivity index (χ1v) is 17.7. The summed E-state index contributed by atoms with van der Waals surface area (Å²) in [6, 6.07) is 0. The van der Waals surface area contributed by atoms with Crippen LogP contribution in [0.25, 0.3) is 0 Å². The molecule has 0 aliphatic carbocycles. The van der Waals surface area contributed by atoms with Gasteiger partial charge in [0.1, 0.15) is 16.8 Å². The molecule has 0 bridgehead atoms. The van der Waals surface area contributed by atoms with Crippen molar-refractivity contribution in [1.29, 1.82) is 0 Å². The summed E-state index contributed by atoms with van der Waals surface area (Å²) in [6.07, 6.45) is 2.29. The number of hydrogen-bond acceptors (Lipinski definition) is 9. The average Bonchev–Trinajstić information content (AvgIpc) is 2.88. The van der Waals surface area contributed by atoms with Crippen LogP contribution in [0.1, 0.15) is 145 Å². The van der Waals surface area contributed by atoms with Crippen LogP contribution < -0.4 is 31.9 Å². The highest BCUT2D eigenvalue weighted by Gasteiger charge is 2.20. The zero-order chi connectivity index (χ0) is 43.7. The molecular weight excluding hydrogens is 696 g/mol. The SMILES string of the molecule is C/C(=C/NC(=O)OC(C)(C)C)C(=O)NC(C)(C)C.C/C(=C/NC(=O)OC(C)(C)C)C(=O)NC(C)(C)C.C/C(=C/NC(=O)OC(C)(C)C)C(=O)NC(C)(C)C. The normalized spacial score (nSPS) is 12.9. The monoisotopic (exact) mass is 769 g/mol. The number of rotatable bonds is 6. The number of ether oxygens (including phenoxy) is 3. The van der Waals surface area contributed by atoms with Gasteiger partial charge < -0.3 is 30.2 Å². The summed E-state index contributed by atoms with van der Waals surface area (Å²) in [5.41, 5.74) is -1.35. The van der Waals surface area contributed by atoms with E-state index in [-0.39, 0.29) is 34.3 Å². The Morgan fingerprint density at radius 3 is 0.648 bits per heavy atom. The number of carbonyl (C=O) groups excluding carboxylic acids is 6. The zero-order valence-electron chi connectivity index (χ0n) is 36.9. The average molecular weight is 769 g/mol. The van der Waals surface area contributed by atoms with Crippen LogP contribution in [-0.4, -0.2) is 69.4 Å². The van der Waals surface area contributed by atoms with Crippen LogP contribution in [0.15, 0.2) is 35.3 Å². The summed E-state index contributed by atoms with van der Waals surface area (Å²) in [4.78, 5) is 69.1. The molecule has 0 saturated heterocycles. The van der Waals surface area contributed by atoms with Crippen molar-refractivity contribution in [3.63, 3.8) is 0 Å². The van der Waals surface area contributed by atoms with Gasteiger partial charge in [0.15, 0.2) is 0 Å². The van der Waals surface area contributed by atoms with Crippen LogP contribution in [-0.2, 0) is 28.6 Å². The second-order valence-corrected chi connectivity index (χ2v) is 18.5. The molecule has 0 fully saturated rings. The quantitative estimate of drug-likeness (QED) is 0.122. The van der Waals surface area contributed by atoms with Gasteiger partial charge in [0.05, 0.1) is 0 Å². The van der Waals surface area contributed by atoms with Gasteiger partial charge in [0.2, 0.25) is 17.7 Å². The molecular formula is C39H72N6O9. The molecule has 0 aromatic heterocycles. The van der Waals surface area contributed by atoms with E-state index in [4.69, 9.17) is 14.2 Å². The van der Waals surface area contributed by atoms with Gasteiger partial charge in [-0.3, -0.25) is 30.3 Å². The Bertz CT molecular complexity index is 1210. The number of alkyl carbamates (subject to hydrolysis) is 3. The minimum Gasteiger partial charge on any atom is -0.444 e. The van der Waals surface area contributed by atoms with Gasteiger partial charge in [-0.1, -0.05) is 0 Å². The third-order valence-electron chi connectivity index (χ3n) is 4.96. The van der Waals surface area contributed by atoms with Crippen molar-refractivity contribution in [1.82, 2.24) is 31.9 Å². The molecule has 312 valence electrons. The lowest BCUT2D eigenvalue weighted by Crippen LogP contribution is -2.41. The Balaban J connectivity index is -0.000000722. The van der Waals surface area contributed by atoms with Crippen LogP contribution in [0.5, 0.6) is 0 Å². The Labute approximate surface area is 324 Å². The molecule has 0 radical (unpaired) electrons. The maximum absolute atomic E-state index is 11.7. The third kappa shape index (κ3) is 37.2. The first kappa shape index (κ1) is 53.8. The van der Waals surface area contributed by atoms with Crippen molar-refractivity contribution in [2.24, 2.45) is 0 Å². The van der Waals surface area contributed by atoms with Crippen molar-refractivity contribution in [2.45, 2.75) is 179 Å². The van der Waals surface area contributed by atoms with Gasteiger partial charge in [-0.2, -0.15) is 0 Å². The summed E-state index contributed by atoms with van der Waals surface area (Å²) < 4.78 is 15.1. The van der Waals surface area contributed by atoms with E-state index in [1.165, 1.54) is 18.6 Å². The lowest BCUT2D eigenvalue weighted by Gasteiger charge is -2.21. The molecule has 6 amide bonds. The zero-order valence-corrected chi connectivity index (χ0v) is 36.9. The predicted molar refractivity (Wildman–Crippen MR) is 213 cm³/mol. The Hall–Kier alpha value is -4.56. The third-order valence-corrected chi connectivity index (χ3v) is 4.96. The summed E-state index contributed by atoms with van der Waals surface area (Å²) in [7, 11) is 0. The molecule has 0 unspecified atom stereocenters. The lowest BCUT2D eigenvalue weighted by atomic mass is 10.1. The Morgan fingerprint density at radius 2 is 0.519 bits per heavy atom. The second-order valence-electron chi connectivity index (χ2n) is 18.5. The maximum Gasteiger partial charge on any atom is 0.411 e. The van der Waals surface area contributed by atoms with Crippen molar-refractivity contribution in [2.75, 3.05) is 0 Å². The minimum absolute atomic E-state index is 0.224. The van der Waals surface area contributed by atoms with Crippen molar-refractivity contribution in [3.05, 3.63) is 35.3 Å². The molecule has 54 heavy (non-hydrogen) atoms. The van der Waals surface area contributed by atoms with E-state index in [0.29, 0.717) is 16.7 Å². The van der Waals surface area contributed by atoms with E-state index in [1.807, 2.05) is 62.3 Å². The molecule has 0 aromatic carbocycles. The fourth-order valence-corrected chi connectivity index (χ4v) is 2.94. The first-order valence-electron chi connectivity index (χ1n) is 17.7. The van der Waals surface area contributed by atoms with Crippen LogP contribution in [0, 0.1) is 0 Å². The van der Waals surface area contributed by atoms with E-state index < -0.39 is 35.1 Å². The van der Waals surface area contributed by atoms with E-state index in [1.54, 1.807) is 83.1 Å². The van der Waals surface area contributed by atoms with Gasteiger partial charge in [0.25, 0.3) is 0 Å². The molecule has 0 atom stereocenters. The molecule has 0 rings (SSSR count). The van der Waals surface area contributed by atoms with Crippen LogP contribution in [0.2, 0.25) is 0 Å². The number of amides is 6. The number of hydrogen-bond donors (Lipinski definition) is 6. The van der Waals surface area contributed by atoms with E-state index in [9.17, 15) is 28.8 Å². The predicted octanol–water partition coefficient (Wildman–Crippen LogP) is 6.99. The Kier molecular flexibility index (Phi) is 21.9. The van der Waals surface area contributed by atoms with Crippen LogP contribution >= 0.6 is 0 Å². The summed E-state index contributed by atoms with van der Waals surface area (Å²) in [5, 5.41) is 15.6. The van der Waals surface area contributed by atoms with E-state index >= 15 is 0 Å². The standard InChI is InChI=1S/3C13H24N2O3/c3*1-9(10(16)15-12(2,3)4)8-14-11(17)18-13(5,6)7/h3*8H,1-7H3,(H,14,17)(H,15,16)/b3*9-8-. The fraction of sp³-hybridized carbons (Fsp3) is 0.692. The highest BCUT2D eigenvalue weighted by Crippen LogP contribution is 2.09. The molecule has 0 saturated carbocycles. The lowest BCUT2D eigenvalue weighted by molar-refractivity contribution is -0.119. The first-order chi connectivity index (χ1) is 23.7. The molecule has 0 aliphatic heterocycles. The smallest absolute Gasteiger partial charge is 0.411 e. The van der Waals surface area contributed by atoms with Crippen molar-refractivity contribution in [3.8, 4) is 0 Å². The Morgan fingerprint density at radius 1 is 0.352 bits per heavy atom. The number of nitrogens with one attached hydrogen (secondary N) is 6. The van der Waals surface area contributed by atoms with E-state index in [2.05, 4.69) is 31.9 Å². The highest BCUT2D eigenvalue weighted by molar-refractivity contribution is 5.94. The van der Waals surface area contributed by atoms with Gasteiger partial charge in [0, 0.05) is 51.9 Å². The molecule has 0 aromatic rings. The summed E-state index contributed by atoms with van der Waals surface area (Å²) >= 11 is 0. The highest BCUT2D eigenvalue weighted by atomic mass is 16.6. The maximum atomic E-state index is 11.7. The van der Waals surface area contributed by atoms with E-state index in [0.717, 1.165) is 0 Å². The minimum atomic E-state index is -0.578. The van der Waals surface area contributed by atoms with Gasteiger partial charge in [-0.15, -0.1) is 0 Å². The summed E-state index contributed by atoms with van der Waals surface area (Å²) in [6.45, 7) is 37.8. The molecule has 0 aliphatic rings. The molecule has 0 heterocycles. The molecule has 15 heteroatoms. The van der Waals surface area contributed by atoms with Crippen molar-refractivity contribution < 1.29 is 43.0 Å². The fourth-order valence-electron chi connectivity index (χ4n) is 2.94. The molecule has 6 N–H and O–H groups in total. The molecule has 15 nitrogen and oxygen atoms in total. The number of carbonyl (C=O) groups is 6. The van der Waals surface area contributed by atoms with Crippen molar-refractivity contribution >= 4 is 36.0 Å². The van der Waals surface area contributed by atoms with Gasteiger partial charge in [-0.25, -0.2) is 14.4 Å². The summed E-state index contributed by atoms with van der Waals surface area (Å²) in [5.74, 6) is -0.671. The largest absolute Gasteiger partial charge is 0.444 e. The van der Waals surface area contributed by atoms with Crippen LogP contribution in [0.4, 0.5) is 14.4 Å². The van der Waals surface area contributed by atoms with Gasteiger partial charge >= 0.3 is 18.3 Å². The molecule has 0 spiro atoms. The topological polar surface area (TPSA) is 202 Å². The van der Waals surface area contributed by atoms with Gasteiger partial charge in [-0.05, 0) is 145 Å².